The molecule has 20 heavy (non-hydrogen) atoms. The second-order valence-corrected chi connectivity index (χ2v) is 6.69. The third kappa shape index (κ3) is 2.85. The van der Waals surface area contributed by atoms with Gasteiger partial charge in [-0.3, -0.25) is 0 Å². The third-order valence-electron chi connectivity index (χ3n) is 3.84. The summed E-state index contributed by atoms with van der Waals surface area (Å²) in [5.74, 6) is 1.92. The molecule has 1 heterocycles. The molecule has 3 rings (SSSR count). The summed E-state index contributed by atoms with van der Waals surface area (Å²) in [5, 5.41) is 10.9. The molecule has 1 fully saturated rings. The fourth-order valence-electron chi connectivity index (χ4n) is 2.60. The molecular weight excluding hydrogens is 268 g/mol. The van der Waals surface area contributed by atoms with Crippen molar-refractivity contribution < 1.29 is 4.74 Å². The zero-order chi connectivity index (χ0) is 14.1. The molecule has 1 aliphatic carbocycles. The fraction of sp³-hybridized carbons (Fsp3) is 0.500. The van der Waals surface area contributed by atoms with E-state index in [1.807, 2.05) is 0 Å². The van der Waals surface area contributed by atoms with Gasteiger partial charge in [0, 0.05) is 12.0 Å². The van der Waals surface area contributed by atoms with Crippen LogP contribution < -0.4 is 4.74 Å². The van der Waals surface area contributed by atoms with E-state index < -0.39 is 0 Å². The van der Waals surface area contributed by atoms with Gasteiger partial charge in [0.05, 0.1) is 7.11 Å². The number of rotatable bonds is 5. The molecule has 0 atom stereocenters. The molecule has 1 aromatic carbocycles. The van der Waals surface area contributed by atoms with Crippen LogP contribution in [0.5, 0.6) is 5.75 Å². The summed E-state index contributed by atoms with van der Waals surface area (Å²) in [6, 6.07) is 4.27. The molecule has 0 N–H and O–H groups in total. The lowest BCUT2D eigenvalue weighted by Gasteiger charge is -2.09. The van der Waals surface area contributed by atoms with E-state index in [2.05, 4.69) is 36.2 Å². The average Bonchev–Trinajstić information content (AvgIpc) is 3.13. The molecular formula is C16H20N2OS. The summed E-state index contributed by atoms with van der Waals surface area (Å²) in [6.45, 7) is 4.15. The summed E-state index contributed by atoms with van der Waals surface area (Å²) >= 11 is 1.72. The predicted molar refractivity (Wildman–Crippen MR) is 82.4 cm³/mol. The lowest BCUT2D eigenvalue weighted by atomic mass is 10.1. The van der Waals surface area contributed by atoms with Gasteiger partial charge >= 0.3 is 0 Å². The standard InChI is InChI=1S/C16H20N2OS/c1-10-8-13(9-11(2)15(10)19-3)16-18-17-14(20-16)7-6-12-4-5-12/h8-9,12H,4-7H2,1-3H3. The Balaban J connectivity index is 1.81. The molecule has 0 bridgehead atoms. The van der Waals surface area contributed by atoms with Crippen LogP contribution in [0.15, 0.2) is 12.1 Å². The van der Waals surface area contributed by atoms with Crippen molar-refractivity contribution in [3.05, 3.63) is 28.3 Å². The van der Waals surface area contributed by atoms with E-state index in [-0.39, 0.29) is 0 Å². The highest BCUT2D eigenvalue weighted by molar-refractivity contribution is 7.14. The molecule has 0 aliphatic heterocycles. The average molecular weight is 288 g/mol. The minimum absolute atomic E-state index is 0.952. The van der Waals surface area contributed by atoms with Gasteiger partial charge in [0.25, 0.3) is 0 Å². The van der Waals surface area contributed by atoms with Gasteiger partial charge in [-0.05, 0) is 49.4 Å². The lowest BCUT2D eigenvalue weighted by Crippen LogP contribution is -1.92. The van der Waals surface area contributed by atoms with Crippen LogP contribution in [0.3, 0.4) is 0 Å². The number of aryl methyl sites for hydroxylation is 3. The maximum atomic E-state index is 5.41. The first kappa shape index (κ1) is 13.6. The molecule has 106 valence electrons. The molecule has 1 saturated carbocycles. The molecule has 1 aromatic heterocycles. The smallest absolute Gasteiger partial charge is 0.147 e. The zero-order valence-electron chi connectivity index (χ0n) is 12.3. The van der Waals surface area contributed by atoms with Crippen LogP contribution in [0, 0.1) is 19.8 Å². The number of ether oxygens (including phenoxy) is 1. The van der Waals surface area contributed by atoms with Crippen LogP contribution in [-0.4, -0.2) is 17.3 Å². The highest BCUT2D eigenvalue weighted by Crippen LogP contribution is 2.35. The molecule has 3 nitrogen and oxygen atoms in total. The van der Waals surface area contributed by atoms with Crippen molar-refractivity contribution in [1.29, 1.82) is 0 Å². The first-order chi connectivity index (χ1) is 9.67. The van der Waals surface area contributed by atoms with Crippen molar-refractivity contribution in [3.63, 3.8) is 0 Å². The van der Waals surface area contributed by atoms with Crippen molar-refractivity contribution in [1.82, 2.24) is 10.2 Å². The van der Waals surface area contributed by atoms with Gasteiger partial charge in [-0.15, -0.1) is 10.2 Å². The second kappa shape index (κ2) is 5.52. The quantitative estimate of drug-likeness (QED) is 0.828. The number of aromatic nitrogens is 2. The van der Waals surface area contributed by atoms with Crippen LogP contribution in [0.4, 0.5) is 0 Å². The van der Waals surface area contributed by atoms with Gasteiger partial charge < -0.3 is 4.74 Å². The lowest BCUT2D eigenvalue weighted by molar-refractivity contribution is 0.408. The van der Waals surface area contributed by atoms with E-state index in [0.29, 0.717) is 0 Å². The molecule has 0 unspecified atom stereocenters. The maximum absolute atomic E-state index is 5.41. The Hall–Kier alpha value is -1.42. The normalized spacial score (nSPS) is 14.6. The van der Waals surface area contributed by atoms with Crippen LogP contribution >= 0.6 is 11.3 Å². The summed E-state index contributed by atoms with van der Waals surface area (Å²) in [5.41, 5.74) is 3.45. The van der Waals surface area contributed by atoms with Crippen molar-refractivity contribution >= 4 is 11.3 Å². The van der Waals surface area contributed by atoms with Gasteiger partial charge in [-0.1, -0.05) is 24.2 Å². The number of hydrogen-bond acceptors (Lipinski definition) is 4. The monoisotopic (exact) mass is 288 g/mol. The number of benzene rings is 1. The summed E-state index contributed by atoms with van der Waals surface area (Å²) in [6.07, 6.45) is 5.16. The second-order valence-electron chi connectivity index (χ2n) is 5.63. The van der Waals surface area contributed by atoms with Gasteiger partial charge in [0.1, 0.15) is 15.8 Å². The first-order valence-corrected chi connectivity index (χ1v) is 7.97. The van der Waals surface area contributed by atoms with Crippen LogP contribution in [0.2, 0.25) is 0 Å². The van der Waals surface area contributed by atoms with Gasteiger partial charge in [-0.2, -0.15) is 0 Å². The van der Waals surface area contributed by atoms with Crippen LogP contribution in [-0.2, 0) is 6.42 Å². The third-order valence-corrected chi connectivity index (χ3v) is 4.87. The number of nitrogens with zero attached hydrogens (tertiary/aromatic N) is 2. The fourth-order valence-corrected chi connectivity index (χ4v) is 3.44. The van der Waals surface area contributed by atoms with E-state index in [9.17, 15) is 0 Å². The molecule has 0 saturated heterocycles. The molecule has 0 radical (unpaired) electrons. The maximum Gasteiger partial charge on any atom is 0.147 e. The first-order valence-electron chi connectivity index (χ1n) is 7.15. The molecule has 1 aliphatic rings. The van der Waals surface area contributed by atoms with Crippen LogP contribution in [0.1, 0.15) is 35.4 Å². The van der Waals surface area contributed by atoms with E-state index in [0.717, 1.165) is 44.8 Å². The van der Waals surface area contributed by atoms with E-state index >= 15 is 0 Å². The Morgan fingerprint density at radius 1 is 1.20 bits per heavy atom. The van der Waals surface area contributed by atoms with E-state index in [4.69, 9.17) is 4.74 Å². The van der Waals surface area contributed by atoms with Crippen molar-refractivity contribution in [2.45, 2.75) is 39.5 Å². The zero-order valence-corrected chi connectivity index (χ0v) is 13.1. The predicted octanol–water partition coefficient (Wildman–Crippen LogP) is 4.17. The van der Waals surface area contributed by atoms with Crippen molar-refractivity contribution in [3.8, 4) is 16.3 Å². The Kier molecular flexibility index (Phi) is 3.74. The van der Waals surface area contributed by atoms with Crippen LogP contribution in [0.25, 0.3) is 10.6 Å². The number of methoxy groups -OCH3 is 1. The minimum Gasteiger partial charge on any atom is -0.496 e. The van der Waals surface area contributed by atoms with E-state index in [1.165, 1.54) is 19.3 Å². The number of hydrogen-bond donors (Lipinski definition) is 0. The minimum atomic E-state index is 0.952. The molecule has 0 amide bonds. The van der Waals surface area contributed by atoms with Gasteiger partial charge in [0.15, 0.2) is 0 Å². The van der Waals surface area contributed by atoms with Crippen molar-refractivity contribution in [2.24, 2.45) is 5.92 Å². The Bertz CT molecular complexity index is 594. The molecule has 2 aromatic rings. The topological polar surface area (TPSA) is 35.0 Å². The van der Waals surface area contributed by atoms with Gasteiger partial charge in [-0.25, -0.2) is 0 Å². The van der Waals surface area contributed by atoms with Gasteiger partial charge in [0.2, 0.25) is 0 Å². The largest absolute Gasteiger partial charge is 0.496 e. The molecule has 4 heteroatoms. The summed E-state index contributed by atoms with van der Waals surface area (Å²) in [7, 11) is 1.72. The summed E-state index contributed by atoms with van der Waals surface area (Å²) < 4.78 is 5.41. The summed E-state index contributed by atoms with van der Waals surface area (Å²) in [4.78, 5) is 0. The van der Waals surface area contributed by atoms with E-state index in [1.54, 1.807) is 18.4 Å². The Labute approximate surface area is 124 Å². The highest BCUT2D eigenvalue weighted by atomic mass is 32.1. The highest BCUT2D eigenvalue weighted by Gasteiger charge is 2.21. The van der Waals surface area contributed by atoms with Crippen molar-refractivity contribution in [2.75, 3.05) is 7.11 Å². The molecule has 0 spiro atoms. The SMILES string of the molecule is COc1c(C)cc(-c2nnc(CCC3CC3)s2)cc1C. The Morgan fingerprint density at radius 2 is 1.90 bits per heavy atom. The Morgan fingerprint density at radius 3 is 2.50 bits per heavy atom.